The van der Waals surface area contributed by atoms with E-state index in [9.17, 15) is 18.0 Å². The molecule has 0 aliphatic carbocycles. The van der Waals surface area contributed by atoms with Gasteiger partial charge in [0.25, 0.3) is 5.91 Å². The number of halogens is 3. The number of aromatic nitrogens is 2. The van der Waals surface area contributed by atoms with Crippen LogP contribution in [0, 0.1) is 0 Å². The molecular formula is C21H28F3N5O3S. The normalized spacial score (nSPS) is 14.9. The second-order valence-corrected chi connectivity index (χ2v) is 8.27. The van der Waals surface area contributed by atoms with E-state index in [1.807, 2.05) is 13.8 Å². The molecule has 1 amide bonds. The van der Waals surface area contributed by atoms with Crippen molar-refractivity contribution in [2.45, 2.75) is 30.9 Å². The first-order valence-corrected chi connectivity index (χ1v) is 11.8. The van der Waals surface area contributed by atoms with Crippen LogP contribution in [-0.4, -0.2) is 73.3 Å². The van der Waals surface area contributed by atoms with Crippen LogP contribution >= 0.6 is 11.8 Å². The van der Waals surface area contributed by atoms with Crippen LogP contribution in [0.15, 0.2) is 27.8 Å². The average Bonchev–Trinajstić information content (AvgIpc) is 3.28. The van der Waals surface area contributed by atoms with Crippen molar-refractivity contribution >= 4 is 23.5 Å². The zero-order valence-corrected chi connectivity index (χ0v) is 19.5. The van der Waals surface area contributed by atoms with Gasteiger partial charge in [-0.15, -0.1) is 0 Å². The quantitative estimate of drug-likeness (QED) is 0.404. The number of ether oxygens (including phenoxy) is 1. The lowest BCUT2D eigenvalue weighted by molar-refractivity contribution is -0.141. The zero-order valence-electron chi connectivity index (χ0n) is 18.7. The lowest BCUT2D eigenvalue weighted by Crippen LogP contribution is -2.41. The lowest BCUT2D eigenvalue weighted by Gasteiger charge is -2.26. The number of furan rings is 1. The van der Waals surface area contributed by atoms with Gasteiger partial charge in [-0.05, 0) is 26.0 Å². The predicted octanol–water partition coefficient (Wildman–Crippen LogP) is 3.29. The summed E-state index contributed by atoms with van der Waals surface area (Å²) in [5.74, 6) is 0.688. The highest BCUT2D eigenvalue weighted by atomic mass is 32.2. The molecular weight excluding hydrogens is 459 g/mol. The summed E-state index contributed by atoms with van der Waals surface area (Å²) in [4.78, 5) is 24.2. The molecule has 182 valence electrons. The van der Waals surface area contributed by atoms with Crippen molar-refractivity contribution in [1.29, 1.82) is 0 Å². The SMILES string of the molecule is CCN(CC)c1cc(C(F)(F)F)nc(SCc2ccc(C(=O)NCCN3CCOCC3)o2)n1. The molecule has 0 saturated carbocycles. The van der Waals surface area contributed by atoms with E-state index in [2.05, 4.69) is 20.2 Å². The molecule has 12 heteroatoms. The number of carbonyl (C=O) groups is 1. The molecule has 1 aliphatic rings. The van der Waals surface area contributed by atoms with Crippen LogP contribution in [-0.2, 0) is 16.7 Å². The fourth-order valence-electron chi connectivity index (χ4n) is 3.28. The van der Waals surface area contributed by atoms with Gasteiger partial charge in [-0.3, -0.25) is 9.69 Å². The minimum atomic E-state index is -4.57. The van der Waals surface area contributed by atoms with E-state index in [0.717, 1.165) is 37.5 Å². The molecule has 0 aromatic carbocycles. The largest absolute Gasteiger partial charge is 0.455 e. The predicted molar refractivity (Wildman–Crippen MR) is 118 cm³/mol. The second kappa shape index (κ2) is 11.7. The maximum Gasteiger partial charge on any atom is 0.433 e. The molecule has 2 aromatic rings. The third-order valence-electron chi connectivity index (χ3n) is 5.12. The first kappa shape index (κ1) is 25.3. The number of alkyl halides is 3. The van der Waals surface area contributed by atoms with Crippen molar-refractivity contribution < 1.29 is 27.1 Å². The summed E-state index contributed by atoms with van der Waals surface area (Å²) in [6.45, 7) is 9.02. The molecule has 3 heterocycles. The number of rotatable bonds is 10. The Labute approximate surface area is 194 Å². The molecule has 1 saturated heterocycles. The number of nitrogens with zero attached hydrogens (tertiary/aromatic N) is 4. The summed E-state index contributed by atoms with van der Waals surface area (Å²) in [7, 11) is 0. The molecule has 0 radical (unpaired) electrons. The monoisotopic (exact) mass is 487 g/mol. The van der Waals surface area contributed by atoms with Gasteiger partial charge in [0.2, 0.25) is 0 Å². The Hall–Kier alpha value is -2.31. The Morgan fingerprint density at radius 3 is 2.61 bits per heavy atom. The standard InChI is InChI=1S/C21H28F3N5O3S/c1-3-29(4-2)18-13-17(21(22,23)24)26-20(27-18)33-14-15-5-6-16(32-15)19(30)25-7-8-28-9-11-31-12-10-28/h5-6,13H,3-4,7-12,14H2,1-2H3,(H,25,30). The number of amides is 1. The highest BCUT2D eigenvalue weighted by Crippen LogP contribution is 2.32. The fourth-order valence-corrected chi connectivity index (χ4v) is 4.03. The Balaban J connectivity index is 1.58. The molecule has 1 fully saturated rings. The smallest absolute Gasteiger partial charge is 0.433 e. The molecule has 3 rings (SSSR count). The zero-order chi connectivity index (χ0) is 23.8. The minimum Gasteiger partial charge on any atom is -0.455 e. The van der Waals surface area contributed by atoms with E-state index >= 15 is 0 Å². The van der Waals surface area contributed by atoms with Crippen LogP contribution in [0.25, 0.3) is 0 Å². The number of carbonyl (C=O) groups excluding carboxylic acids is 1. The summed E-state index contributed by atoms with van der Waals surface area (Å²) in [5, 5.41) is 2.81. The van der Waals surface area contributed by atoms with Crippen LogP contribution in [0.3, 0.4) is 0 Å². The molecule has 0 unspecified atom stereocenters. The van der Waals surface area contributed by atoms with E-state index in [0.29, 0.717) is 38.6 Å². The van der Waals surface area contributed by atoms with E-state index in [-0.39, 0.29) is 28.4 Å². The number of nitrogens with one attached hydrogen (secondary N) is 1. The summed E-state index contributed by atoms with van der Waals surface area (Å²) < 4.78 is 50.8. The summed E-state index contributed by atoms with van der Waals surface area (Å²) in [6.07, 6.45) is -4.57. The highest BCUT2D eigenvalue weighted by Gasteiger charge is 2.34. The van der Waals surface area contributed by atoms with Crippen LogP contribution in [0.5, 0.6) is 0 Å². The molecule has 33 heavy (non-hydrogen) atoms. The molecule has 1 aliphatic heterocycles. The second-order valence-electron chi connectivity index (χ2n) is 7.33. The summed E-state index contributed by atoms with van der Waals surface area (Å²) >= 11 is 1.03. The van der Waals surface area contributed by atoms with E-state index < -0.39 is 11.9 Å². The molecule has 8 nitrogen and oxygen atoms in total. The van der Waals surface area contributed by atoms with Gasteiger partial charge in [0, 0.05) is 45.3 Å². The minimum absolute atomic E-state index is 0.000336. The van der Waals surface area contributed by atoms with E-state index in [4.69, 9.17) is 9.15 Å². The van der Waals surface area contributed by atoms with Crippen LogP contribution < -0.4 is 10.2 Å². The van der Waals surface area contributed by atoms with E-state index in [1.165, 1.54) is 0 Å². The fraction of sp³-hybridized carbons (Fsp3) is 0.571. The third-order valence-corrected chi connectivity index (χ3v) is 5.99. The van der Waals surface area contributed by atoms with Crippen LogP contribution in [0.4, 0.5) is 19.0 Å². The van der Waals surface area contributed by atoms with Crippen molar-refractivity contribution in [2.75, 3.05) is 57.4 Å². The molecule has 0 spiro atoms. The van der Waals surface area contributed by atoms with Gasteiger partial charge in [0.05, 0.1) is 19.0 Å². The third kappa shape index (κ3) is 7.34. The molecule has 0 bridgehead atoms. The number of thioether (sulfide) groups is 1. The summed E-state index contributed by atoms with van der Waals surface area (Å²) in [6, 6.07) is 4.14. The molecule has 2 aromatic heterocycles. The van der Waals surface area contributed by atoms with Crippen LogP contribution in [0.1, 0.15) is 35.9 Å². The van der Waals surface area contributed by atoms with Gasteiger partial charge in [-0.25, -0.2) is 9.97 Å². The van der Waals surface area contributed by atoms with Crippen molar-refractivity contribution in [3.63, 3.8) is 0 Å². The van der Waals surface area contributed by atoms with Crippen molar-refractivity contribution in [1.82, 2.24) is 20.2 Å². The van der Waals surface area contributed by atoms with Gasteiger partial charge < -0.3 is 19.4 Å². The maximum absolute atomic E-state index is 13.3. The molecule has 0 atom stereocenters. The number of hydrogen-bond donors (Lipinski definition) is 1. The average molecular weight is 488 g/mol. The van der Waals surface area contributed by atoms with Gasteiger partial charge in [0.1, 0.15) is 11.6 Å². The van der Waals surface area contributed by atoms with E-state index in [1.54, 1.807) is 17.0 Å². The Bertz CT molecular complexity index is 915. The topological polar surface area (TPSA) is 83.7 Å². The Kier molecular flexibility index (Phi) is 8.98. The van der Waals surface area contributed by atoms with Crippen molar-refractivity contribution in [3.8, 4) is 0 Å². The highest BCUT2D eigenvalue weighted by molar-refractivity contribution is 7.98. The van der Waals surface area contributed by atoms with Gasteiger partial charge in [0.15, 0.2) is 16.6 Å². The van der Waals surface area contributed by atoms with Gasteiger partial charge >= 0.3 is 6.18 Å². The van der Waals surface area contributed by atoms with Crippen molar-refractivity contribution in [3.05, 3.63) is 35.4 Å². The molecule has 1 N–H and O–H groups in total. The number of hydrogen-bond acceptors (Lipinski definition) is 8. The number of anilines is 1. The Morgan fingerprint density at radius 2 is 1.94 bits per heavy atom. The Morgan fingerprint density at radius 1 is 1.21 bits per heavy atom. The summed E-state index contributed by atoms with van der Waals surface area (Å²) in [5.41, 5.74) is -0.985. The number of morpholine rings is 1. The first-order chi connectivity index (χ1) is 15.8. The first-order valence-electron chi connectivity index (χ1n) is 10.8. The maximum atomic E-state index is 13.3. The van der Waals surface area contributed by atoms with Crippen LogP contribution in [0.2, 0.25) is 0 Å². The van der Waals surface area contributed by atoms with Gasteiger partial charge in [-0.1, -0.05) is 11.8 Å². The lowest BCUT2D eigenvalue weighted by atomic mass is 10.3. The van der Waals surface area contributed by atoms with Crippen molar-refractivity contribution in [2.24, 2.45) is 0 Å². The van der Waals surface area contributed by atoms with Gasteiger partial charge in [-0.2, -0.15) is 13.2 Å².